The molecule has 0 aromatic carbocycles. The zero-order valence-electron chi connectivity index (χ0n) is 7.80. The van der Waals surface area contributed by atoms with E-state index in [-0.39, 0.29) is 29.7 Å². The van der Waals surface area contributed by atoms with Crippen molar-refractivity contribution in [1.82, 2.24) is 0 Å². The quantitative estimate of drug-likeness (QED) is 0.579. The third-order valence-corrected chi connectivity index (χ3v) is 1.85. The van der Waals surface area contributed by atoms with Gasteiger partial charge in [-0.25, -0.2) is 0 Å². The molecule has 0 spiro atoms. The number of carbonyl (C=O) groups excluding carboxylic acids is 1. The fraction of sp³-hybridized carbons (Fsp3) is 0.875. The van der Waals surface area contributed by atoms with Crippen LogP contribution in [0.25, 0.3) is 0 Å². The van der Waals surface area contributed by atoms with Gasteiger partial charge in [0.15, 0.2) is 0 Å². The predicted octanol–water partition coefficient (Wildman–Crippen LogP) is 2.26. The molecule has 0 radical (unpaired) electrons. The van der Waals surface area contributed by atoms with Gasteiger partial charge in [-0.05, 0) is 5.41 Å². The van der Waals surface area contributed by atoms with Crippen molar-refractivity contribution in [2.24, 2.45) is 11.3 Å². The van der Waals surface area contributed by atoms with E-state index in [1.54, 1.807) is 0 Å². The van der Waals surface area contributed by atoms with Crippen molar-refractivity contribution in [3.05, 3.63) is 0 Å². The molecule has 0 bridgehead atoms. The maximum absolute atomic E-state index is 10.9. The lowest BCUT2D eigenvalue weighted by molar-refractivity contribution is -0.148. The molecule has 11 heavy (non-hydrogen) atoms. The molecular formula is C8H17ClO2. The van der Waals surface area contributed by atoms with Crippen molar-refractivity contribution in [3.8, 4) is 0 Å². The van der Waals surface area contributed by atoms with E-state index < -0.39 is 0 Å². The van der Waals surface area contributed by atoms with Gasteiger partial charge < -0.3 is 4.74 Å². The lowest BCUT2D eigenvalue weighted by Gasteiger charge is -2.24. The van der Waals surface area contributed by atoms with Crippen molar-refractivity contribution in [1.29, 1.82) is 0 Å². The van der Waals surface area contributed by atoms with Crippen molar-refractivity contribution in [2.45, 2.75) is 27.7 Å². The Balaban J connectivity index is 0. The van der Waals surface area contributed by atoms with Crippen LogP contribution in [0, 0.1) is 11.3 Å². The number of esters is 1. The van der Waals surface area contributed by atoms with Crippen LogP contribution in [-0.4, -0.2) is 13.1 Å². The van der Waals surface area contributed by atoms with E-state index in [0.717, 1.165) is 0 Å². The minimum Gasteiger partial charge on any atom is -0.469 e. The first-order chi connectivity index (χ1) is 4.39. The first kappa shape index (κ1) is 13.4. The molecule has 2 nitrogen and oxygen atoms in total. The van der Waals surface area contributed by atoms with E-state index in [2.05, 4.69) is 4.74 Å². The van der Waals surface area contributed by atoms with E-state index in [1.165, 1.54) is 7.11 Å². The van der Waals surface area contributed by atoms with E-state index >= 15 is 0 Å². The molecule has 0 rings (SSSR count). The molecule has 0 aromatic heterocycles. The van der Waals surface area contributed by atoms with Gasteiger partial charge in [-0.2, -0.15) is 0 Å². The average Bonchev–Trinajstić information content (AvgIpc) is 1.83. The summed E-state index contributed by atoms with van der Waals surface area (Å²) >= 11 is 0. The molecule has 3 heteroatoms. The summed E-state index contributed by atoms with van der Waals surface area (Å²) < 4.78 is 4.60. The molecule has 0 amide bonds. The summed E-state index contributed by atoms with van der Waals surface area (Å²) in [6.45, 7) is 7.95. The molecule has 0 aliphatic heterocycles. The molecule has 0 aliphatic rings. The molecule has 0 fully saturated rings. The maximum Gasteiger partial charge on any atom is 0.308 e. The Kier molecular flexibility index (Phi) is 5.59. The zero-order valence-corrected chi connectivity index (χ0v) is 8.62. The number of carbonyl (C=O) groups is 1. The predicted molar refractivity (Wildman–Crippen MR) is 47.9 cm³/mol. The molecule has 0 aliphatic carbocycles. The Hall–Kier alpha value is -0.240. The van der Waals surface area contributed by atoms with Crippen molar-refractivity contribution in [2.75, 3.05) is 7.11 Å². The Morgan fingerprint density at radius 3 is 1.82 bits per heavy atom. The van der Waals surface area contributed by atoms with Gasteiger partial charge in [0, 0.05) is 0 Å². The topological polar surface area (TPSA) is 26.3 Å². The lowest BCUT2D eigenvalue weighted by Crippen LogP contribution is -2.26. The highest BCUT2D eigenvalue weighted by Crippen LogP contribution is 2.25. The fourth-order valence-corrected chi connectivity index (χ4v) is 0.530. The molecular weight excluding hydrogens is 164 g/mol. The Morgan fingerprint density at radius 1 is 1.36 bits per heavy atom. The maximum atomic E-state index is 10.9. The minimum atomic E-state index is -0.132. The summed E-state index contributed by atoms with van der Waals surface area (Å²) in [6.07, 6.45) is 0. The van der Waals surface area contributed by atoms with Crippen LogP contribution in [0.1, 0.15) is 27.7 Å². The number of methoxy groups -OCH3 is 1. The van der Waals surface area contributed by atoms with Crippen LogP contribution >= 0.6 is 12.4 Å². The van der Waals surface area contributed by atoms with E-state index in [4.69, 9.17) is 0 Å². The van der Waals surface area contributed by atoms with Gasteiger partial charge in [-0.15, -0.1) is 12.4 Å². The molecule has 1 atom stereocenters. The van der Waals surface area contributed by atoms with Crippen LogP contribution in [0.15, 0.2) is 0 Å². The van der Waals surface area contributed by atoms with E-state index in [0.29, 0.717) is 0 Å². The van der Waals surface area contributed by atoms with E-state index in [9.17, 15) is 4.79 Å². The van der Waals surface area contributed by atoms with Crippen molar-refractivity contribution in [3.63, 3.8) is 0 Å². The van der Waals surface area contributed by atoms with Gasteiger partial charge in [0.25, 0.3) is 0 Å². The Labute approximate surface area is 74.7 Å². The van der Waals surface area contributed by atoms with Crippen molar-refractivity contribution < 1.29 is 9.53 Å². The standard InChI is InChI=1S/C8H16O2.ClH/c1-6(7(9)10-5)8(2,3)4;/h6H,1-5H3;1H. The largest absolute Gasteiger partial charge is 0.469 e. The number of hydrogen-bond donors (Lipinski definition) is 0. The second kappa shape index (κ2) is 4.60. The van der Waals surface area contributed by atoms with Crippen LogP contribution < -0.4 is 0 Å². The Bertz CT molecular complexity index is 127. The summed E-state index contributed by atoms with van der Waals surface area (Å²) in [5.74, 6) is -0.162. The van der Waals surface area contributed by atoms with Crippen LogP contribution in [0.5, 0.6) is 0 Å². The summed E-state index contributed by atoms with van der Waals surface area (Å²) in [6, 6.07) is 0. The minimum absolute atomic E-state index is 0. The molecule has 1 unspecified atom stereocenters. The Morgan fingerprint density at radius 2 is 1.73 bits per heavy atom. The van der Waals surface area contributed by atoms with Crippen LogP contribution in [0.4, 0.5) is 0 Å². The number of ether oxygens (including phenoxy) is 1. The fourth-order valence-electron chi connectivity index (χ4n) is 0.530. The van der Waals surface area contributed by atoms with Crippen LogP contribution in [-0.2, 0) is 9.53 Å². The van der Waals surface area contributed by atoms with Crippen molar-refractivity contribution >= 4 is 18.4 Å². The second-order valence-electron chi connectivity index (χ2n) is 3.61. The van der Waals surface area contributed by atoms with Gasteiger partial charge in [0.05, 0.1) is 13.0 Å². The first-order valence-corrected chi connectivity index (χ1v) is 3.47. The SMILES string of the molecule is COC(=O)C(C)C(C)(C)C.Cl. The van der Waals surface area contributed by atoms with Crippen LogP contribution in [0.3, 0.4) is 0 Å². The first-order valence-electron chi connectivity index (χ1n) is 3.47. The average molecular weight is 181 g/mol. The smallest absolute Gasteiger partial charge is 0.308 e. The van der Waals surface area contributed by atoms with Gasteiger partial charge in [-0.3, -0.25) is 4.79 Å². The third-order valence-electron chi connectivity index (χ3n) is 1.85. The summed E-state index contributed by atoms with van der Waals surface area (Å²) in [5, 5.41) is 0. The number of halogens is 1. The van der Waals surface area contributed by atoms with Crippen LogP contribution in [0.2, 0.25) is 0 Å². The van der Waals surface area contributed by atoms with Gasteiger partial charge in [0.2, 0.25) is 0 Å². The zero-order chi connectivity index (χ0) is 8.36. The summed E-state index contributed by atoms with van der Waals surface area (Å²) in [5.41, 5.74) is 0.00704. The molecule has 0 aromatic rings. The normalized spacial score (nSPS) is 13.2. The molecule has 0 heterocycles. The highest BCUT2D eigenvalue weighted by Gasteiger charge is 2.27. The third kappa shape index (κ3) is 4.25. The molecule has 68 valence electrons. The highest BCUT2D eigenvalue weighted by molar-refractivity contribution is 5.85. The number of hydrogen-bond acceptors (Lipinski definition) is 2. The summed E-state index contributed by atoms with van der Waals surface area (Å²) in [4.78, 5) is 10.9. The molecule has 0 saturated heterocycles. The highest BCUT2D eigenvalue weighted by atomic mass is 35.5. The monoisotopic (exact) mass is 180 g/mol. The second-order valence-corrected chi connectivity index (χ2v) is 3.61. The van der Waals surface area contributed by atoms with Gasteiger partial charge in [0.1, 0.15) is 0 Å². The van der Waals surface area contributed by atoms with E-state index in [1.807, 2.05) is 27.7 Å². The number of rotatable bonds is 1. The van der Waals surface area contributed by atoms with Gasteiger partial charge in [-0.1, -0.05) is 27.7 Å². The molecule has 0 N–H and O–H groups in total. The summed E-state index contributed by atoms with van der Waals surface area (Å²) in [7, 11) is 1.42. The van der Waals surface area contributed by atoms with Gasteiger partial charge >= 0.3 is 5.97 Å². The lowest BCUT2D eigenvalue weighted by atomic mass is 9.82. The molecule has 0 saturated carbocycles.